The van der Waals surface area contributed by atoms with Crippen LogP contribution >= 0.6 is 11.6 Å². The third kappa shape index (κ3) is 2.88. The van der Waals surface area contributed by atoms with Crippen LogP contribution in [-0.2, 0) is 15.9 Å². The summed E-state index contributed by atoms with van der Waals surface area (Å²) in [5, 5.41) is 8.64. The Morgan fingerprint density at radius 3 is 2.96 bits per heavy atom. The molecule has 7 heteroatoms. The Morgan fingerprint density at radius 2 is 2.16 bits per heavy atom. The Morgan fingerprint density at radius 1 is 1.32 bits per heavy atom. The van der Waals surface area contributed by atoms with E-state index in [1.165, 1.54) is 13.2 Å². The van der Waals surface area contributed by atoms with Crippen LogP contribution in [0.15, 0.2) is 12.1 Å². The van der Waals surface area contributed by atoms with E-state index >= 15 is 0 Å². The first kappa shape index (κ1) is 16.7. The molecule has 0 N–H and O–H groups in total. The zero-order valence-corrected chi connectivity index (χ0v) is 14.8. The van der Waals surface area contributed by atoms with Gasteiger partial charge in [-0.15, -0.1) is 10.2 Å². The molecule has 0 aliphatic carbocycles. The highest BCUT2D eigenvalue weighted by Gasteiger charge is 2.38. The molecule has 0 amide bonds. The molecule has 2 aliphatic rings. The fraction of sp³-hybridized carbons (Fsp3) is 0.444. The minimum absolute atomic E-state index is 0.0150. The van der Waals surface area contributed by atoms with Gasteiger partial charge >= 0.3 is 0 Å². The number of halogens is 2. The summed E-state index contributed by atoms with van der Waals surface area (Å²) in [5.41, 5.74) is 3.20. The van der Waals surface area contributed by atoms with Crippen molar-refractivity contribution in [2.45, 2.75) is 38.4 Å². The standard InChI is InChI=1S/C18H18ClFN2O3/c1-9-5-12(20)16(14(6-9)24-8-23-2)17-15-11(18(19)22-21-17)7-10-3-4-13(15)25-10/h5-6,10,13H,3-4,7-8H2,1-2H3. The van der Waals surface area contributed by atoms with E-state index in [9.17, 15) is 4.39 Å². The Bertz CT molecular complexity index is 830. The number of hydrogen-bond donors (Lipinski definition) is 0. The summed E-state index contributed by atoms with van der Waals surface area (Å²) in [7, 11) is 1.52. The molecule has 2 aliphatic heterocycles. The molecule has 25 heavy (non-hydrogen) atoms. The third-order valence-corrected chi connectivity index (χ3v) is 5.00. The number of aromatic nitrogens is 2. The van der Waals surface area contributed by atoms with Crippen LogP contribution < -0.4 is 4.74 Å². The van der Waals surface area contributed by atoms with Gasteiger partial charge in [0.25, 0.3) is 0 Å². The zero-order chi connectivity index (χ0) is 17.6. The Labute approximate surface area is 150 Å². The molecular weight excluding hydrogens is 347 g/mol. The van der Waals surface area contributed by atoms with Gasteiger partial charge in [0, 0.05) is 24.7 Å². The molecule has 0 saturated carbocycles. The number of benzene rings is 1. The van der Waals surface area contributed by atoms with E-state index in [1.54, 1.807) is 13.0 Å². The van der Waals surface area contributed by atoms with Gasteiger partial charge in [-0.05, 0) is 37.5 Å². The number of aryl methyl sites for hydroxylation is 1. The molecule has 1 aromatic carbocycles. The molecule has 2 bridgehead atoms. The highest BCUT2D eigenvalue weighted by molar-refractivity contribution is 6.30. The van der Waals surface area contributed by atoms with Crippen molar-refractivity contribution in [3.05, 3.63) is 39.8 Å². The van der Waals surface area contributed by atoms with E-state index in [2.05, 4.69) is 10.2 Å². The smallest absolute Gasteiger partial charge is 0.188 e. The Balaban J connectivity index is 1.92. The SMILES string of the molecule is COCOc1cc(C)cc(F)c1-c1nnc(Cl)c2c1C1CCC(C2)O1. The normalized spacial score (nSPS) is 21.3. The highest BCUT2D eigenvalue weighted by atomic mass is 35.5. The average molecular weight is 365 g/mol. The topological polar surface area (TPSA) is 53.5 Å². The van der Waals surface area contributed by atoms with Crippen molar-refractivity contribution >= 4 is 11.6 Å². The number of hydrogen-bond acceptors (Lipinski definition) is 5. The van der Waals surface area contributed by atoms with E-state index in [0.29, 0.717) is 23.0 Å². The van der Waals surface area contributed by atoms with Crippen LogP contribution in [0.3, 0.4) is 0 Å². The molecule has 1 fully saturated rings. The van der Waals surface area contributed by atoms with E-state index < -0.39 is 5.82 Å². The van der Waals surface area contributed by atoms with Crippen molar-refractivity contribution in [2.24, 2.45) is 0 Å². The number of ether oxygens (including phenoxy) is 3. The summed E-state index contributed by atoms with van der Waals surface area (Å²) >= 11 is 6.27. The van der Waals surface area contributed by atoms with Gasteiger partial charge in [0.05, 0.1) is 17.8 Å². The lowest BCUT2D eigenvalue weighted by molar-refractivity contribution is 0.0322. The number of methoxy groups -OCH3 is 1. The molecule has 5 nitrogen and oxygen atoms in total. The van der Waals surface area contributed by atoms with E-state index in [0.717, 1.165) is 29.5 Å². The quantitative estimate of drug-likeness (QED) is 0.767. The fourth-order valence-electron chi connectivity index (χ4n) is 3.66. The van der Waals surface area contributed by atoms with Crippen LogP contribution in [-0.4, -0.2) is 30.2 Å². The van der Waals surface area contributed by atoms with Crippen molar-refractivity contribution in [1.29, 1.82) is 0 Å². The number of rotatable bonds is 4. The second-order valence-corrected chi connectivity index (χ2v) is 6.79. The van der Waals surface area contributed by atoms with Crippen LogP contribution in [0.4, 0.5) is 4.39 Å². The molecule has 0 spiro atoms. The van der Waals surface area contributed by atoms with Crippen LogP contribution in [0.1, 0.15) is 35.6 Å². The molecule has 3 heterocycles. The third-order valence-electron chi connectivity index (χ3n) is 4.70. The number of fused-ring (bicyclic) bond motifs is 4. The van der Waals surface area contributed by atoms with Crippen molar-refractivity contribution in [3.8, 4) is 17.0 Å². The predicted octanol–water partition coefficient (Wildman–Crippen LogP) is 4.00. The predicted molar refractivity (Wildman–Crippen MR) is 90.2 cm³/mol. The highest BCUT2D eigenvalue weighted by Crippen LogP contribution is 2.47. The summed E-state index contributed by atoms with van der Waals surface area (Å²) in [6.45, 7) is 1.82. The Hall–Kier alpha value is -1.76. The first-order chi connectivity index (χ1) is 12.1. The van der Waals surface area contributed by atoms with Gasteiger partial charge in [-0.2, -0.15) is 0 Å². The van der Waals surface area contributed by atoms with Gasteiger partial charge in [0.2, 0.25) is 0 Å². The van der Waals surface area contributed by atoms with Crippen LogP contribution in [0, 0.1) is 12.7 Å². The Kier molecular flexibility index (Phi) is 4.35. The van der Waals surface area contributed by atoms with Gasteiger partial charge in [-0.1, -0.05) is 11.6 Å². The molecule has 1 saturated heterocycles. The minimum Gasteiger partial charge on any atom is -0.467 e. The molecule has 2 atom stereocenters. The minimum atomic E-state index is -0.412. The first-order valence-electron chi connectivity index (χ1n) is 8.21. The monoisotopic (exact) mass is 364 g/mol. The van der Waals surface area contributed by atoms with Crippen molar-refractivity contribution in [1.82, 2.24) is 10.2 Å². The van der Waals surface area contributed by atoms with E-state index in [1.807, 2.05) is 0 Å². The average Bonchev–Trinajstić information content (AvgIpc) is 2.96. The molecule has 1 aromatic heterocycles. The lowest BCUT2D eigenvalue weighted by Crippen LogP contribution is -2.20. The van der Waals surface area contributed by atoms with Gasteiger partial charge in [-0.3, -0.25) is 0 Å². The molecule has 2 unspecified atom stereocenters. The summed E-state index contributed by atoms with van der Waals surface area (Å²) in [4.78, 5) is 0. The van der Waals surface area contributed by atoms with E-state index in [4.69, 9.17) is 25.8 Å². The first-order valence-corrected chi connectivity index (χ1v) is 8.59. The summed E-state index contributed by atoms with van der Waals surface area (Å²) in [6, 6.07) is 3.22. The maximum atomic E-state index is 14.9. The van der Waals surface area contributed by atoms with Crippen LogP contribution in [0.2, 0.25) is 5.15 Å². The molecule has 132 valence electrons. The van der Waals surface area contributed by atoms with Crippen molar-refractivity contribution in [2.75, 3.05) is 13.9 Å². The molecule has 2 aromatic rings. The maximum Gasteiger partial charge on any atom is 0.188 e. The summed E-state index contributed by atoms with van der Waals surface area (Å²) in [5.74, 6) is -0.0386. The molecule has 4 rings (SSSR count). The largest absolute Gasteiger partial charge is 0.467 e. The summed E-state index contributed by atoms with van der Waals surface area (Å²) in [6.07, 6.45) is 2.52. The van der Waals surface area contributed by atoms with Gasteiger partial charge in [0.15, 0.2) is 11.9 Å². The van der Waals surface area contributed by atoms with Crippen molar-refractivity contribution in [3.63, 3.8) is 0 Å². The summed E-state index contributed by atoms with van der Waals surface area (Å²) < 4.78 is 31.5. The van der Waals surface area contributed by atoms with Crippen LogP contribution in [0.25, 0.3) is 11.3 Å². The zero-order valence-electron chi connectivity index (χ0n) is 14.0. The lowest BCUT2D eigenvalue weighted by Gasteiger charge is -2.26. The second kappa shape index (κ2) is 6.52. The second-order valence-electron chi connectivity index (χ2n) is 6.43. The number of nitrogens with zero attached hydrogens (tertiary/aromatic N) is 2. The van der Waals surface area contributed by atoms with Gasteiger partial charge in [0.1, 0.15) is 17.3 Å². The van der Waals surface area contributed by atoms with Crippen LogP contribution in [0.5, 0.6) is 5.75 Å². The van der Waals surface area contributed by atoms with Gasteiger partial charge < -0.3 is 14.2 Å². The molecular formula is C18H18ClFN2O3. The van der Waals surface area contributed by atoms with Gasteiger partial charge in [-0.25, -0.2) is 4.39 Å². The molecule has 0 radical (unpaired) electrons. The lowest BCUT2D eigenvalue weighted by atomic mass is 9.94. The fourth-order valence-corrected chi connectivity index (χ4v) is 3.88. The van der Waals surface area contributed by atoms with E-state index in [-0.39, 0.29) is 24.6 Å². The maximum absolute atomic E-state index is 14.9. The van der Waals surface area contributed by atoms with Crippen molar-refractivity contribution < 1.29 is 18.6 Å².